The average Bonchev–Trinajstić information content (AvgIpc) is 3.61. The van der Waals surface area contributed by atoms with Crippen molar-refractivity contribution in [3.63, 3.8) is 0 Å². The fraction of sp³-hybridized carbons (Fsp3) is 0.360. The summed E-state index contributed by atoms with van der Waals surface area (Å²) >= 11 is 8.83. The lowest BCUT2D eigenvalue weighted by Crippen LogP contribution is -2.39. The summed E-state index contributed by atoms with van der Waals surface area (Å²) < 4.78 is 135. The van der Waals surface area contributed by atoms with Crippen LogP contribution in [0, 0.1) is 5.41 Å². The van der Waals surface area contributed by atoms with Gasteiger partial charge in [-0.3, -0.25) is 9.59 Å². The van der Waals surface area contributed by atoms with E-state index < -0.39 is 82.6 Å². The van der Waals surface area contributed by atoms with Crippen molar-refractivity contribution in [2.75, 3.05) is 6.54 Å². The van der Waals surface area contributed by atoms with E-state index in [1.807, 2.05) is 0 Å². The van der Waals surface area contributed by atoms with Crippen LogP contribution in [0.1, 0.15) is 52.2 Å². The number of halogens is 12. The second-order valence-electron chi connectivity index (χ2n) is 9.14. The van der Waals surface area contributed by atoms with E-state index in [1.165, 1.54) is 6.07 Å². The van der Waals surface area contributed by atoms with Crippen molar-refractivity contribution in [2.24, 2.45) is 5.41 Å². The number of amides is 1. The van der Waals surface area contributed by atoms with Crippen LogP contribution in [0.2, 0.25) is 5.02 Å². The standard InChI is InChI=1S/C25H17BrClF10NO2/c26-17-4-2-12(8-18(17)27)15(24(32,33)34)9-19(28)13-1-3-14(16(7-13)25(35,36)37)20(39)10-22(5-6-22)21(40)38-11-23(29,30)31/h1-4,7-9,15H,5-6,10-11H2,(H,38,40)/b19-9-. The number of alkyl halides is 9. The van der Waals surface area contributed by atoms with Crippen molar-refractivity contribution in [3.05, 3.63) is 74.2 Å². The molecule has 0 heterocycles. The zero-order valence-electron chi connectivity index (χ0n) is 19.8. The maximum absolute atomic E-state index is 15.0. The minimum Gasteiger partial charge on any atom is -0.346 e. The number of nitrogens with one attached hydrogen (secondary N) is 1. The minimum atomic E-state index is -5.26. The van der Waals surface area contributed by atoms with Crippen molar-refractivity contribution < 1.29 is 53.5 Å². The van der Waals surface area contributed by atoms with Gasteiger partial charge in [-0.05, 0) is 58.6 Å². The van der Waals surface area contributed by atoms with Gasteiger partial charge in [0.1, 0.15) is 18.3 Å². The molecule has 1 aliphatic rings. The van der Waals surface area contributed by atoms with Gasteiger partial charge in [-0.1, -0.05) is 29.8 Å². The molecule has 0 saturated heterocycles. The number of carbonyl (C=O) groups is 2. The molecule has 1 N–H and O–H groups in total. The summed E-state index contributed by atoms with van der Waals surface area (Å²) in [5, 5.41) is 1.48. The van der Waals surface area contributed by atoms with E-state index in [2.05, 4.69) is 15.9 Å². The van der Waals surface area contributed by atoms with Crippen LogP contribution in [0.3, 0.4) is 0 Å². The van der Waals surface area contributed by atoms with Gasteiger partial charge in [0.25, 0.3) is 0 Å². The fourth-order valence-corrected chi connectivity index (χ4v) is 4.34. The molecule has 40 heavy (non-hydrogen) atoms. The predicted molar refractivity (Wildman–Crippen MR) is 128 cm³/mol. The van der Waals surface area contributed by atoms with Gasteiger partial charge in [-0.15, -0.1) is 0 Å². The van der Waals surface area contributed by atoms with Gasteiger partial charge in [0.2, 0.25) is 5.91 Å². The summed E-state index contributed by atoms with van der Waals surface area (Å²) in [4.78, 5) is 24.9. The van der Waals surface area contributed by atoms with Crippen LogP contribution in [-0.4, -0.2) is 30.6 Å². The van der Waals surface area contributed by atoms with E-state index in [-0.39, 0.29) is 34.5 Å². The molecule has 1 unspecified atom stereocenters. The Morgan fingerprint density at radius 3 is 2.12 bits per heavy atom. The molecule has 0 aromatic heterocycles. The Hall–Kier alpha value is -2.61. The van der Waals surface area contributed by atoms with Crippen LogP contribution < -0.4 is 5.32 Å². The second-order valence-corrected chi connectivity index (χ2v) is 10.4. The molecule has 0 spiro atoms. The van der Waals surface area contributed by atoms with Crippen molar-refractivity contribution in [1.29, 1.82) is 0 Å². The predicted octanol–water partition coefficient (Wildman–Crippen LogP) is 8.81. The molecular weight excluding hydrogens is 652 g/mol. The van der Waals surface area contributed by atoms with Gasteiger partial charge in [-0.25, -0.2) is 4.39 Å². The van der Waals surface area contributed by atoms with Crippen LogP contribution in [0.15, 0.2) is 46.9 Å². The molecule has 1 saturated carbocycles. The second kappa shape index (κ2) is 11.3. The van der Waals surface area contributed by atoms with Gasteiger partial charge in [-0.2, -0.15) is 39.5 Å². The Kier molecular flexibility index (Phi) is 9.05. The van der Waals surface area contributed by atoms with Crippen LogP contribution in [0.4, 0.5) is 43.9 Å². The molecule has 3 nitrogen and oxygen atoms in total. The van der Waals surface area contributed by atoms with E-state index in [0.717, 1.165) is 12.1 Å². The molecule has 1 aliphatic carbocycles. The van der Waals surface area contributed by atoms with Crippen LogP contribution in [-0.2, 0) is 11.0 Å². The molecule has 3 rings (SSSR count). The number of Topliss-reactive ketones (excluding diaryl/α,β-unsaturated/α-hetero) is 1. The zero-order valence-corrected chi connectivity index (χ0v) is 22.1. The summed E-state index contributed by atoms with van der Waals surface area (Å²) in [5.41, 5.74) is -5.71. The molecule has 0 bridgehead atoms. The Morgan fingerprint density at radius 2 is 1.62 bits per heavy atom. The molecule has 15 heteroatoms. The highest BCUT2D eigenvalue weighted by molar-refractivity contribution is 9.10. The normalized spacial score (nSPS) is 16.4. The Balaban J connectivity index is 1.94. The third-order valence-electron chi connectivity index (χ3n) is 6.15. The smallest absolute Gasteiger partial charge is 0.346 e. The fourth-order valence-electron chi connectivity index (χ4n) is 3.90. The lowest BCUT2D eigenvalue weighted by molar-refractivity contribution is -0.141. The molecule has 0 aliphatic heterocycles. The molecular formula is C25H17BrClF10NO2. The highest BCUT2D eigenvalue weighted by Gasteiger charge is 2.52. The van der Waals surface area contributed by atoms with Crippen LogP contribution in [0.5, 0.6) is 0 Å². The summed E-state index contributed by atoms with van der Waals surface area (Å²) in [6.07, 6.45) is -15.9. The van der Waals surface area contributed by atoms with Crippen molar-refractivity contribution in [1.82, 2.24) is 5.32 Å². The molecule has 218 valence electrons. The van der Waals surface area contributed by atoms with E-state index >= 15 is 0 Å². The molecule has 1 fully saturated rings. The number of hydrogen-bond acceptors (Lipinski definition) is 2. The molecule has 1 atom stereocenters. The largest absolute Gasteiger partial charge is 0.417 e. The first kappa shape index (κ1) is 31.9. The lowest BCUT2D eigenvalue weighted by Gasteiger charge is -2.19. The number of rotatable bonds is 8. The maximum atomic E-state index is 15.0. The van der Waals surface area contributed by atoms with E-state index in [1.54, 1.807) is 5.32 Å². The van der Waals surface area contributed by atoms with E-state index in [9.17, 15) is 53.5 Å². The third-order valence-corrected chi connectivity index (χ3v) is 7.39. The van der Waals surface area contributed by atoms with E-state index in [0.29, 0.717) is 12.1 Å². The lowest BCUT2D eigenvalue weighted by atomic mass is 9.90. The SMILES string of the molecule is O=C(CC1(C(=O)NCC(F)(F)F)CC1)c1ccc(/C(F)=C/C(c2ccc(Br)c(Cl)c2)C(F)(F)F)cc1C(F)(F)F. The Bertz CT molecular complexity index is 1330. The van der Waals surface area contributed by atoms with Gasteiger partial charge < -0.3 is 5.32 Å². The van der Waals surface area contributed by atoms with Crippen molar-refractivity contribution in [3.8, 4) is 0 Å². The topological polar surface area (TPSA) is 46.2 Å². The summed E-state index contributed by atoms with van der Waals surface area (Å²) in [6, 6.07) is 4.47. The number of ketones is 1. The number of benzene rings is 2. The molecule has 0 radical (unpaired) electrons. The number of allylic oxidation sites excluding steroid dienone is 1. The van der Waals surface area contributed by atoms with Gasteiger partial charge in [0.15, 0.2) is 5.78 Å². The third kappa shape index (κ3) is 7.77. The van der Waals surface area contributed by atoms with Crippen LogP contribution in [0.25, 0.3) is 5.83 Å². The number of hydrogen-bond donors (Lipinski definition) is 1. The monoisotopic (exact) mass is 667 g/mol. The zero-order chi connectivity index (χ0) is 30.3. The quantitative estimate of drug-likeness (QED) is 0.226. The first-order valence-corrected chi connectivity index (χ1v) is 12.4. The first-order chi connectivity index (χ1) is 18.2. The summed E-state index contributed by atoms with van der Waals surface area (Å²) in [7, 11) is 0. The van der Waals surface area contributed by atoms with Crippen molar-refractivity contribution >= 4 is 45.0 Å². The Morgan fingerprint density at radius 1 is 1.00 bits per heavy atom. The molecule has 1 amide bonds. The van der Waals surface area contributed by atoms with Gasteiger partial charge in [0.05, 0.1) is 16.0 Å². The number of carbonyl (C=O) groups excluding carboxylic acids is 2. The first-order valence-electron chi connectivity index (χ1n) is 11.2. The van der Waals surface area contributed by atoms with Crippen LogP contribution >= 0.6 is 27.5 Å². The Labute approximate surface area is 233 Å². The average molecular weight is 669 g/mol. The van der Waals surface area contributed by atoms with E-state index in [4.69, 9.17) is 11.6 Å². The molecule has 2 aromatic carbocycles. The summed E-state index contributed by atoms with van der Waals surface area (Å²) in [5.74, 6) is -6.65. The highest BCUT2D eigenvalue weighted by Crippen LogP contribution is 2.50. The van der Waals surface area contributed by atoms with Gasteiger partial charge in [0, 0.05) is 22.0 Å². The van der Waals surface area contributed by atoms with Crippen molar-refractivity contribution in [2.45, 2.75) is 43.7 Å². The molecule has 2 aromatic rings. The van der Waals surface area contributed by atoms with Gasteiger partial charge >= 0.3 is 18.5 Å². The maximum Gasteiger partial charge on any atom is 0.417 e. The summed E-state index contributed by atoms with van der Waals surface area (Å²) in [6.45, 7) is -1.69. The minimum absolute atomic E-state index is 0.0435. The highest BCUT2D eigenvalue weighted by atomic mass is 79.9.